The maximum atomic E-state index is 13.7. The van der Waals surface area contributed by atoms with Gasteiger partial charge in [-0.1, -0.05) is 290 Å². The quantitative estimate of drug-likeness (QED) is 0.0617. The largest absolute Gasteiger partial charge is 0.357 e. The molecule has 0 aromatic carbocycles. The van der Waals surface area contributed by atoms with Crippen molar-refractivity contribution >= 4 is 17.5 Å². The third kappa shape index (κ3) is 46.1. The van der Waals surface area contributed by atoms with Crippen molar-refractivity contribution in [1.82, 2.24) is 15.1 Å². The van der Waals surface area contributed by atoms with Crippen LogP contribution >= 0.6 is 0 Å². The average molecular weight is 970 g/mol. The van der Waals surface area contributed by atoms with Gasteiger partial charge in [-0.15, -0.1) is 0 Å². The molecule has 408 valence electrons. The predicted octanol–water partition coefficient (Wildman–Crippen LogP) is 19.3. The zero-order valence-electron chi connectivity index (χ0n) is 47.5. The van der Waals surface area contributed by atoms with E-state index < -0.39 is 0 Å². The van der Waals surface area contributed by atoms with Gasteiger partial charge in [0.05, 0.1) is 12.4 Å². The first-order valence-corrected chi connectivity index (χ1v) is 31.9. The number of hydrogen-bond acceptors (Lipinski definition) is 5. The number of hydrogen-bond donors (Lipinski definition) is 1. The minimum atomic E-state index is 0.324. The Bertz CT molecular complexity index is 1090. The van der Waals surface area contributed by atoms with Crippen LogP contribution in [0.1, 0.15) is 342 Å². The fraction of sp³-hybridized carbons (Fsp3) is 0.952. The van der Waals surface area contributed by atoms with Crippen molar-refractivity contribution in [3.05, 3.63) is 0 Å². The first-order chi connectivity index (χ1) is 34.1. The monoisotopic (exact) mass is 969 g/mol. The molecule has 1 heterocycles. The third-order valence-corrected chi connectivity index (χ3v) is 15.4. The normalized spacial score (nSPS) is 12.7. The number of Topliss-reactive ketones (excluding diaryl/α,β-unsaturated/α-hetero) is 1. The molecule has 0 aromatic rings. The average Bonchev–Trinajstić information content (AvgIpc) is 3.81. The van der Waals surface area contributed by atoms with Crippen molar-refractivity contribution in [3.63, 3.8) is 0 Å². The molecular formula is C63H124N4O2. The fourth-order valence-corrected chi connectivity index (χ4v) is 10.6. The summed E-state index contributed by atoms with van der Waals surface area (Å²) < 4.78 is 0. The number of aliphatic imine (C=N–C) groups is 1. The van der Waals surface area contributed by atoms with Crippen LogP contribution in [0.3, 0.4) is 0 Å². The highest BCUT2D eigenvalue weighted by molar-refractivity contribution is 5.83. The van der Waals surface area contributed by atoms with Crippen molar-refractivity contribution in [2.24, 2.45) is 4.99 Å². The molecule has 0 unspecified atom stereocenters. The number of rotatable bonds is 58. The lowest BCUT2D eigenvalue weighted by Gasteiger charge is -2.27. The molecule has 6 heteroatoms. The van der Waals surface area contributed by atoms with E-state index in [1.807, 2.05) is 0 Å². The van der Waals surface area contributed by atoms with Crippen LogP contribution in [-0.2, 0) is 9.59 Å². The Kier molecular flexibility index (Phi) is 51.7. The van der Waals surface area contributed by atoms with E-state index in [-0.39, 0.29) is 0 Å². The molecule has 1 aliphatic heterocycles. The Balaban J connectivity index is 2.29. The molecule has 0 fully saturated rings. The van der Waals surface area contributed by atoms with Crippen LogP contribution in [0.25, 0.3) is 0 Å². The van der Waals surface area contributed by atoms with Gasteiger partial charge in [0.25, 0.3) is 0 Å². The van der Waals surface area contributed by atoms with Crippen molar-refractivity contribution < 1.29 is 9.59 Å². The summed E-state index contributed by atoms with van der Waals surface area (Å²) in [5.41, 5.74) is 0. The molecule has 6 nitrogen and oxygen atoms in total. The molecule has 1 N–H and O–H groups in total. The number of amidine groups is 1. The molecule has 1 amide bonds. The number of amides is 1. The molecular weight excluding hydrogens is 845 g/mol. The molecule has 0 aliphatic carbocycles. The second-order valence-electron chi connectivity index (χ2n) is 22.2. The Hall–Kier alpha value is -1.43. The van der Waals surface area contributed by atoms with Gasteiger partial charge in [-0.3, -0.25) is 14.6 Å². The van der Waals surface area contributed by atoms with E-state index in [2.05, 4.69) is 35.9 Å². The maximum Gasteiger partial charge on any atom is 0.222 e. The van der Waals surface area contributed by atoms with Crippen LogP contribution in [0.5, 0.6) is 0 Å². The van der Waals surface area contributed by atoms with Gasteiger partial charge in [0.2, 0.25) is 5.91 Å². The van der Waals surface area contributed by atoms with E-state index in [4.69, 9.17) is 4.99 Å². The summed E-state index contributed by atoms with van der Waals surface area (Å²) >= 11 is 0. The highest BCUT2D eigenvalue weighted by atomic mass is 16.2. The van der Waals surface area contributed by atoms with Crippen molar-refractivity contribution in [2.45, 2.75) is 342 Å². The minimum Gasteiger partial charge on any atom is -0.357 e. The van der Waals surface area contributed by atoms with Gasteiger partial charge in [-0.25, -0.2) is 0 Å². The lowest BCUT2D eigenvalue weighted by molar-refractivity contribution is -0.131. The molecule has 69 heavy (non-hydrogen) atoms. The van der Waals surface area contributed by atoms with E-state index in [1.54, 1.807) is 0 Å². The van der Waals surface area contributed by atoms with E-state index in [9.17, 15) is 9.59 Å². The molecule has 0 bridgehead atoms. The summed E-state index contributed by atoms with van der Waals surface area (Å²) in [4.78, 5) is 35.9. The molecule has 0 saturated carbocycles. The first-order valence-electron chi connectivity index (χ1n) is 31.9. The van der Waals surface area contributed by atoms with Gasteiger partial charge in [0, 0.05) is 58.4 Å². The van der Waals surface area contributed by atoms with Crippen molar-refractivity contribution in [1.29, 1.82) is 0 Å². The number of unbranched alkanes of at least 4 members (excludes halogenated alkanes) is 42. The third-order valence-electron chi connectivity index (χ3n) is 15.4. The van der Waals surface area contributed by atoms with Crippen LogP contribution in [0.2, 0.25) is 0 Å². The van der Waals surface area contributed by atoms with Gasteiger partial charge in [0.15, 0.2) is 0 Å². The molecule has 0 radical (unpaired) electrons. The number of carbonyl (C=O) groups excluding carboxylic acids is 2. The van der Waals surface area contributed by atoms with E-state index in [1.165, 1.54) is 282 Å². The topological polar surface area (TPSA) is 65.0 Å². The first kappa shape index (κ1) is 65.6. The lowest BCUT2D eigenvalue weighted by atomic mass is 10.0. The summed E-state index contributed by atoms with van der Waals surface area (Å²) in [6.07, 6.45) is 65.6. The molecule has 0 saturated heterocycles. The van der Waals surface area contributed by atoms with E-state index >= 15 is 0 Å². The summed E-state index contributed by atoms with van der Waals surface area (Å²) in [7, 11) is 0. The second kappa shape index (κ2) is 54.3. The molecule has 0 atom stereocenters. The highest BCUT2D eigenvalue weighted by Crippen LogP contribution is 2.18. The van der Waals surface area contributed by atoms with Crippen LogP contribution in [0.15, 0.2) is 4.99 Å². The summed E-state index contributed by atoms with van der Waals surface area (Å²) in [6, 6.07) is 0. The van der Waals surface area contributed by atoms with Gasteiger partial charge in [0.1, 0.15) is 5.78 Å². The molecule has 1 rings (SSSR count). The smallest absolute Gasteiger partial charge is 0.222 e. The zero-order chi connectivity index (χ0) is 49.6. The number of nitrogens with one attached hydrogen (secondary N) is 1. The number of ketones is 1. The van der Waals surface area contributed by atoms with E-state index in [0.717, 1.165) is 77.9 Å². The Morgan fingerprint density at radius 3 is 1.13 bits per heavy atom. The Labute approximate surface area is 433 Å². The standard InChI is InChI=1S/C63H124N4O2/c1-4-7-10-13-16-19-22-25-28-31-34-37-40-43-46-50-61(68)51-49-54-64-55-57-67(63(69)53-48-45-42-39-36-33-30-27-24-21-18-15-12-9-6-3)60-59-66-58-56-65-62(66)52-47-44-41-38-35-32-29-26-23-20-17-14-11-8-5-2/h64H,4-60H2,1-3H3. The second-order valence-corrected chi connectivity index (χ2v) is 22.2. The van der Waals surface area contributed by atoms with Crippen LogP contribution in [0.4, 0.5) is 0 Å². The van der Waals surface area contributed by atoms with E-state index in [0.29, 0.717) is 24.5 Å². The van der Waals surface area contributed by atoms with Gasteiger partial charge < -0.3 is 15.1 Å². The fourth-order valence-electron chi connectivity index (χ4n) is 10.6. The lowest BCUT2D eigenvalue weighted by Crippen LogP contribution is -2.42. The molecule has 1 aliphatic rings. The Morgan fingerprint density at radius 2 is 0.739 bits per heavy atom. The summed E-state index contributed by atoms with van der Waals surface area (Å²) in [5.74, 6) is 2.04. The summed E-state index contributed by atoms with van der Waals surface area (Å²) in [5, 5.41) is 3.59. The maximum absolute atomic E-state index is 13.7. The summed E-state index contributed by atoms with van der Waals surface area (Å²) in [6.45, 7) is 12.9. The highest BCUT2D eigenvalue weighted by Gasteiger charge is 2.20. The number of nitrogens with zero attached hydrogens (tertiary/aromatic N) is 3. The van der Waals surface area contributed by atoms with Crippen LogP contribution < -0.4 is 5.32 Å². The predicted molar refractivity (Wildman–Crippen MR) is 306 cm³/mol. The zero-order valence-corrected chi connectivity index (χ0v) is 47.5. The van der Waals surface area contributed by atoms with Crippen molar-refractivity contribution in [2.75, 3.05) is 45.8 Å². The van der Waals surface area contributed by atoms with Gasteiger partial charge >= 0.3 is 0 Å². The van der Waals surface area contributed by atoms with Crippen LogP contribution in [0, 0.1) is 0 Å². The SMILES string of the molecule is CCCCCCCCCCCCCCCCCC(=O)CCCNCCN(CCN1CCN=C1CCCCCCCCCCCCCCCCC)C(=O)CCCCCCCCCCCCCCCCC. The molecule has 0 spiro atoms. The van der Waals surface area contributed by atoms with Crippen LogP contribution in [-0.4, -0.2) is 73.1 Å². The number of carbonyl (C=O) groups is 2. The Morgan fingerprint density at radius 1 is 0.406 bits per heavy atom. The van der Waals surface area contributed by atoms with Gasteiger partial charge in [-0.2, -0.15) is 0 Å². The van der Waals surface area contributed by atoms with Crippen molar-refractivity contribution in [3.8, 4) is 0 Å². The minimum absolute atomic E-state index is 0.324. The van der Waals surface area contributed by atoms with Gasteiger partial charge in [-0.05, 0) is 32.2 Å². The molecule has 0 aromatic heterocycles.